The number of fused-ring (bicyclic) bond motifs is 6. The lowest BCUT2D eigenvalue weighted by atomic mass is 9.97. The predicted octanol–water partition coefficient (Wildman–Crippen LogP) is 10.6. The number of hydrogen-bond donors (Lipinski definition) is 0. The zero-order valence-corrected chi connectivity index (χ0v) is 24.9. The molecule has 0 saturated carbocycles. The zero-order valence-electron chi connectivity index (χ0n) is 24.1. The quantitative estimate of drug-likeness (QED) is 0.204. The van der Waals surface area contributed by atoms with Crippen LogP contribution in [-0.2, 0) is 0 Å². The van der Waals surface area contributed by atoms with E-state index in [1.54, 1.807) is 0 Å². The van der Waals surface area contributed by atoms with Gasteiger partial charge in [0.1, 0.15) is 0 Å². The maximum absolute atomic E-state index is 5.36. The highest BCUT2D eigenvalue weighted by Crippen LogP contribution is 2.44. The first-order valence-corrected chi connectivity index (χ1v) is 15.7. The predicted molar refractivity (Wildman–Crippen MR) is 187 cm³/mol. The lowest BCUT2D eigenvalue weighted by Gasteiger charge is -2.12. The molecule has 0 aliphatic heterocycles. The van der Waals surface area contributed by atoms with Crippen LogP contribution < -0.4 is 0 Å². The van der Waals surface area contributed by atoms with E-state index in [1.165, 1.54) is 30.9 Å². The number of rotatable bonds is 4. The Morgan fingerprint density at radius 2 is 1.02 bits per heavy atom. The minimum Gasteiger partial charge on any atom is -0.247 e. The molecule has 9 aromatic rings. The van der Waals surface area contributed by atoms with Crippen molar-refractivity contribution in [3.8, 4) is 45.4 Å². The fourth-order valence-corrected chi connectivity index (χ4v) is 7.39. The number of aromatic nitrogens is 4. The monoisotopic (exact) mass is 592 g/mol. The van der Waals surface area contributed by atoms with E-state index in [-0.39, 0.29) is 0 Å². The van der Waals surface area contributed by atoms with Crippen LogP contribution in [-0.4, -0.2) is 19.9 Å². The highest BCUT2D eigenvalue weighted by Gasteiger charge is 2.19. The fourth-order valence-electron chi connectivity index (χ4n) is 6.17. The van der Waals surface area contributed by atoms with E-state index < -0.39 is 0 Å². The standard InChI is InChI=1S/C40H24N4S/c1-3-13-26(14-4-1)38-42-39(27-15-5-2-6-16-27)44-40(43-38)28-22-23-33-32(24-28)37-35(31-19-9-10-21-34(31)45-37)36(41-33)30-20-11-17-25-12-7-8-18-29(25)30/h1-24H. The van der Waals surface area contributed by atoms with E-state index >= 15 is 0 Å². The second kappa shape index (κ2) is 10.4. The average Bonchev–Trinajstić information content (AvgIpc) is 3.52. The molecule has 0 aliphatic rings. The molecule has 0 amide bonds. The van der Waals surface area contributed by atoms with E-state index in [4.69, 9.17) is 19.9 Å². The normalized spacial score (nSPS) is 11.6. The highest BCUT2D eigenvalue weighted by atomic mass is 32.1. The first kappa shape index (κ1) is 25.7. The van der Waals surface area contributed by atoms with Crippen molar-refractivity contribution >= 4 is 53.2 Å². The summed E-state index contributed by atoms with van der Waals surface area (Å²) in [7, 11) is 0. The lowest BCUT2D eigenvalue weighted by molar-refractivity contribution is 1.07. The largest absolute Gasteiger partial charge is 0.247 e. The molecule has 0 N–H and O–H groups in total. The first-order valence-electron chi connectivity index (χ1n) is 14.9. The topological polar surface area (TPSA) is 51.6 Å². The molecular weight excluding hydrogens is 569 g/mol. The summed E-state index contributed by atoms with van der Waals surface area (Å²) in [5.74, 6) is 1.93. The third-order valence-corrected chi connectivity index (χ3v) is 9.51. The van der Waals surface area contributed by atoms with Gasteiger partial charge in [0.15, 0.2) is 17.5 Å². The van der Waals surface area contributed by atoms with E-state index in [9.17, 15) is 0 Å². The van der Waals surface area contributed by atoms with Crippen LogP contribution in [0, 0.1) is 0 Å². The third-order valence-electron chi connectivity index (χ3n) is 8.31. The van der Waals surface area contributed by atoms with Crippen LogP contribution in [0.15, 0.2) is 146 Å². The number of nitrogens with zero attached hydrogens (tertiary/aromatic N) is 4. The van der Waals surface area contributed by atoms with Gasteiger partial charge in [0, 0.05) is 47.8 Å². The Hall–Kier alpha value is -5.78. The van der Waals surface area contributed by atoms with Gasteiger partial charge in [-0.3, -0.25) is 0 Å². The average molecular weight is 593 g/mol. The van der Waals surface area contributed by atoms with Crippen molar-refractivity contribution in [3.05, 3.63) is 146 Å². The first-order chi connectivity index (χ1) is 22.3. The van der Waals surface area contributed by atoms with Crippen molar-refractivity contribution in [1.29, 1.82) is 0 Å². The Kier molecular flexibility index (Phi) is 5.96. The molecule has 0 spiro atoms. The zero-order chi connectivity index (χ0) is 29.7. The summed E-state index contributed by atoms with van der Waals surface area (Å²) < 4.78 is 2.46. The molecule has 210 valence electrons. The number of benzene rings is 6. The van der Waals surface area contributed by atoms with E-state index in [1.807, 2.05) is 72.0 Å². The Bertz CT molecular complexity index is 2480. The van der Waals surface area contributed by atoms with Gasteiger partial charge in [-0.1, -0.05) is 121 Å². The van der Waals surface area contributed by atoms with Crippen molar-refractivity contribution in [3.63, 3.8) is 0 Å². The Balaban J connectivity index is 1.31. The molecule has 45 heavy (non-hydrogen) atoms. The summed E-state index contributed by atoms with van der Waals surface area (Å²) in [6, 6.07) is 50.2. The number of thiophene rings is 1. The maximum Gasteiger partial charge on any atom is 0.164 e. The molecule has 0 saturated heterocycles. The molecule has 0 fully saturated rings. The summed E-state index contributed by atoms with van der Waals surface area (Å²) in [5.41, 5.74) is 5.93. The molecule has 0 aliphatic carbocycles. The molecule has 0 bridgehead atoms. The molecule has 4 nitrogen and oxygen atoms in total. The lowest BCUT2D eigenvalue weighted by Crippen LogP contribution is -2.00. The molecule has 0 radical (unpaired) electrons. The summed E-state index contributed by atoms with van der Waals surface area (Å²) in [6.07, 6.45) is 0. The van der Waals surface area contributed by atoms with Gasteiger partial charge in [0.2, 0.25) is 0 Å². The van der Waals surface area contributed by atoms with Crippen LogP contribution in [0.1, 0.15) is 0 Å². The van der Waals surface area contributed by atoms with Crippen LogP contribution in [0.2, 0.25) is 0 Å². The molecule has 0 atom stereocenters. The van der Waals surface area contributed by atoms with Crippen LogP contribution in [0.3, 0.4) is 0 Å². The molecule has 6 aromatic carbocycles. The molecular formula is C40H24N4S. The molecule has 9 rings (SSSR count). The Morgan fingerprint density at radius 1 is 0.422 bits per heavy atom. The van der Waals surface area contributed by atoms with Crippen molar-refractivity contribution in [2.24, 2.45) is 0 Å². The highest BCUT2D eigenvalue weighted by molar-refractivity contribution is 7.26. The summed E-state index contributed by atoms with van der Waals surface area (Å²) in [6.45, 7) is 0. The van der Waals surface area contributed by atoms with Gasteiger partial charge in [0.25, 0.3) is 0 Å². The van der Waals surface area contributed by atoms with Crippen molar-refractivity contribution in [2.75, 3.05) is 0 Å². The summed E-state index contributed by atoms with van der Waals surface area (Å²) in [4.78, 5) is 20.2. The second-order valence-electron chi connectivity index (χ2n) is 11.1. The van der Waals surface area contributed by atoms with Gasteiger partial charge < -0.3 is 0 Å². The number of pyridine rings is 1. The summed E-state index contributed by atoms with van der Waals surface area (Å²) in [5, 5.41) is 5.90. The maximum atomic E-state index is 5.36. The second-order valence-corrected chi connectivity index (χ2v) is 12.1. The minimum atomic E-state index is 0.636. The SMILES string of the molecule is c1ccc(-c2nc(-c3ccccc3)nc(-c3ccc4nc(-c5cccc6ccccc56)c5c6ccccc6sc5c4c3)n2)cc1. The van der Waals surface area contributed by atoms with Gasteiger partial charge in [-0.2, -0.15) is 0 Å². The van der Waals surface area contributed by atoms with Gasteiger partial charge in [-0.15, -0.1) is 11.3 Å². The van der Waals surface area contributed by atoms with Crippen LogP contribution in [0.25, 0.3) is 87.3 Å². The van der Waals surface area contributed by atoms with E-state index in [0.29, 0.717) is 17.5 Å². The van der Waals surface area contributed by atoms with Crippen molar-refractivity contribution < 1.29 is 0 Å². The number of hydrogen-bond acceptors (Lipinski definition) is 5. The van der Waals surface area contributed by atoms with E-state index in [2.05, 4.69) is 84.9 Å². The smallest absolute Gasteiger partial charge is 0.164 e. The minimum absolute atomic E-state index is 0.636. The molecule has 3 heterocycles. The van der Waals surface area contributed by atoms with Crippen LogP contribution in [0.5, 0.6) is 0 Å². The summed E-state index contributed by atoms with van der Waals surface area (Å²) >= 11 is 1.82. The van der Waals surface area contributed by atoms with Gasteiger partial charge in [-0.05, 0) is 35.0 Å². The van der Waals surface area contributed by atoms with Crippen LogP contribution in [0.4, 0.5) is 0 Å². The van der Waals surface area contributed by atoms with Gasteiger partial charge >= 0.3 is 0 Å². The van der Waals surface area contributed by atoms with Gasteiger partial charge in [-0.25, -0.2) is 19.9 Å². The van der Waals surface area contributed by atoms with Gasteiger partial charge in [0.05, 0.1) is 11.2 Å². The molecule has 3 aromatic heterocycles. The molecule has 0 unspecified atom stereocenters. The fraction of sp³-hybridized carbons (Fsp3) is 0. The molecule has 5 heteroatoms. The Labute approximate surface area is 263 Å². The van der Waals surface area contributed by atoms with Crippen LogP contribution >= 0.6 is 11.3 Å². The van der Waals surface area contributed by atoms with Crippen molar-refractivity contribution in [1.82, 2.24) is 19.9 Å². The third kappa shape index (κ3) is 4.36. The Morgan fingerprint density at radius 3 is 1.76 bits per heavy atom. The van der Waals surface area contributed by atoms with E-state index in [0.717, 1.165) is 38.9 Å². The van der Waals surface area contributed by atoms with Crippen molar-refractivity contribution in [2.45, 2.75) is 0 Å².